The van der Waals surface area contributed by atoms with E-state index in [1.807, 2.05) is 0 Å². The molecule has 0 saturated carbocycles. The minimum absolute atomic E-state index is 0.0596. The Morgan fingerprint density at radius 1 is 1.60 bits per heavy atom. The molecular formula is C9H9N3O3. The maximum Gasteiger partial charge on any atom is 0.297 e. The monoisotopic (exact) mass is 207 g/mol. The number of nitro groups is 1. The van der Waals surface area contributed by atoms with Crippen LogP contribution in [0.4, 0.5) is 5.69 Å². The lowest BCUT2D eigenvalue weighted by Gasteiger charge is -1.95. The summed E-state index contributed by atoms with van der Waals surface area (Å²) in [6.45, 7) is 1.55. The fraction of sp³-hybridized carbons (Fsp3) is 0.222. The fourth-order valence-electron chi connectivity index (χ4n) is 1.38. The second-order valence-electron chi connectivity index (χ2n) is 3.23. The summed E-state index contributed by atoms with van der Waals surface area (Å²) in [4.78, 5) is 17.0. The minimum Gasteiger partial charge on any atom is -0.385 e. The molecule has 2 N–H and O–H groups in total. The summed E-state index contributed by atoms with van der Waals surface area (Å²) >= 11 is 0. The first-order valence-electron chi connectivity index (χ1n) is 4.40. The van der Waals surface area contributed by atoms with Gasteiger partial charge in [0.2, 0.25) is 0 Å². The van der Waals surface area contributed by atoms with Crippen molar-refractivity contribution in [1.29, 1.82) is 0 Å². The SMILES string of the molecule is CC(O)c1nc2c([N+](=O)[O-])cccc2[nH]1. The highest BCUT2D eigenvalue weighted by molar-refractivity contribution is 5.84. The Morgan fingerprint density at radius 2 is 2.33 bits per heavy atom. The molecule has 78 valence electrons. The molecule has 0 radical (unpaired) electrons. The van der Waals surface area contributed by atoms with Crippen molar-refractivity contribution in [2.75, 3.05) is 0 Å². The molecule has 2 aromatic rings. The van der Waals surface area contributed by atoms with E-state index in [1.54, 1.807) is 19.1 Å². The van der Waals surface area contributed by atoms with Gasteiger partial charge in [-0.1, -0.05) is 6.07 Å². The van der Waals surface area contributed by atoms with Crippen LogP contribution >= 0.6 is 0 Å². The Labute approximate surface area is 84.7 Å². The number of para-hydroxylation sites is 1. The standard InChI is InChI=1S/C9H9N3O3/c1-5(13)9-10-6-3-2-4-7(12(14)15)8(6)11-9/h2-5,13H,1H3,(H,10,11). The van der Waals surface area contributed by atoms with Crippen LogP contribution in [0.5, 0.6) is 0 Å². The second-order valence-corrected chi connectivity index (χ2v) is 3.23. The number of rotatable bonds is 2. The van der Waals surface area contributed by atoms with Gasteiger partial charge in [0.15, 0.2) is 5.52 Å². The maximum atomic E-state index is 10.7. The minimum atomic E-state index is -0.767. The molecule has 0 aliphatic heterocycles. The van der Waals surface area contributed by atoms with Gasteiger partial charge in [0.1, 0.15) is 11.9 Å². The van der Waals surface area contributed by atoms with E-state index in [4.69, 9.17) is 0 Å². The predicted octanol–water partition coefficient (Wildman–Crippen LogP) is 1.52. The van der Waals surface area contributed by atoms with Crippen molar-refractivity contribution in [2.45, 2.75) is 13.0 Å². The molecule has 0 spiro atoms. The molecule has 1 atom stereocenters. The van der Waals surface area contributed by atoms with Crippen LogP contribution < -0.4 is 0 Å². The number of aromatic nitrogens is 2. The van der Waals surface area contributed by atoms with Crippen molar-refractivity contribution < 1.29 is 10.0 Å². The van der Waals surface area contributed by atoms with E-state index in [0.717, 1.165) is 0 Å². The van der Waals surface area contributed by atoms with Gasteiger partial charge in [-0.2, -0.15) is 0 Å². The first-order chi connectivity index (χ1) is 7.09. The third kappa shape index (κ3) is 1.55. The number of aromatic amines is 1. The van der Waals surface area contributed by atoms with Gasteiger partial charge >= 0.3 is 0 Å². The average Bonchev–Trinajstić information content (AvgIpc) is 2.60. The number of H-pyrrole nitrogens is 1. The fourth-order valence-corrected chi connectivity index (χ4v) is 1.38. The van der Waals surface area contributed by atoms with Crippen LogP contribution in [0.1, 0.15) is 18.9 Å². The number of nitro benzene ring substituents is 1. The summed E-state index contributed by atoms with van der Waals surface area (Å²) in [5.41, 5.74) is 0.772. The van der Waals surface area contributed by atoms with Crippen LogP contribution in [0.3, 0.4) is 0 Å². The third-order valence-corrected chi connectivity index (χ3v) is 2.10. The number of hydrogen-bond donors (Lipinski definition) is 2. The van der Waals surface area contributed by atoms with Crippen LogP contribution in [0.25, 0.3) is 11.0 Å². The molecular weight excluding hydrogens is 198 g/mol. The highest BCUT2D eigenvalue weighted by Crippen LogP contribution is 2.24. The summed E-state index contributed by atoms with van der Waals surface area (Å²) in [6, 6.07) is 4.64. The van der Waals surface area contributed by atoms with Crippen molar-refractivity contribution in [2.24, 2.45) is 0 Å². The Bertz CT molecular complexity index is 518. The van der Waals surface area contributed by atoms with Crippen molar-refractivity contribution >= 4 is 16.7 Å². The number of imidazole rings is 1. The molecule has 1 aromatic carbocycles. The zero-order valence-electron chi connectivity index (χ0n) is 7.97. The molecule has 0 aliphatic carbocycles. The smallest absolute Gasteiger partial charge is 0.297 e. The van der Waals surface area contributed by atoms with Crippen molar-refractivity contribution in [3.63, 3.8) is 0 Å². The lowest BCUT2D eigenvalue weighted by Crippen LogP contribution is -1.93. The summed E-state index contributed by atoms with van der Waals surface area (Å²) in [6.07, 6.45) is -0.767. The van der Waals surface area contributed by atoms with Crippen LogP contribution in [-0.2, 0) is 0 Å². The normalized spacial score (nSPS) is 12.9. The van der Waals surface area contributed by atoms with Crippen LogP contribution in [0.2, 0.25) is 0 Å². The molecule has 15 heavy (non-hydrogen) atoms. The molecule has 0 bridgehead atoms. The Balaban J connectivity index is 2.70. The third-order valence-electron chi connectivity index (χ3n) is 2.10. The van der Waals surface area contributed by atoms with E-state index in [9.17, 15) is 15.2 Å². The largest absolute Gasteiger partial charge is 0.385 e. The number of aliphatic hydroxyl groups is 1. The molecule has 0 aliphatic rings. The van der Waals surface area contributed by atoms with Gasteiger partial charge in [0.25, 0.3) is 5.69 Å². The summed E-state index contributed by atoms with van der Waals surface area (Å²) in [5.74, 6) is 0.333. The molecule has 0 amide bonds. The number of nitrogens with one attached hydrogen (secondary N) is 1. The quantitative estimate of drug-likeness (QED) is 0.576. The van der Waals surface area contributed by atoms with Gasteiger partial charge in [-0.05, 0) is 13.0 Å². The number of nitrogens with zero attached hydrogens (tertiary/aromatic N) is 2. The van der Waals surface area contributed by atoms with Gasteiger partial charge in [-0.15, -0.1) is 0 Å². The number of aliphatic hydroxyl groups excluding tert-OH is 1. The molecule has 0 fully saturated rings. The first kappa shape index (κ1) is 9.60. The number of benzene rings is 1. The van der Waals surface area contributed by atoms with E-state index in [2.05, 4.69) is 9.97 Å². The van der Waals surface area contributed by atoms with Crippen molar-refractivity contribution in [3.8, 4) is 0 Å². The second kappa shape index (κ2) is 3.32. The zero-order valence-corrected chi connectivity index (χ0v) is 7.97. The lowest BCUT2D eigenvalue weighted by atomic mass is 10.3. The molecule has 1 heterocycles. The van der Waals surface area contributed by atoms with Gasteiger partial charge in [-0.3, -0.25) is 10.1 Å². The highest BCUT2D eigenvalue weighted by atomic mass is 16.6. The average molecular weight is 207 g/mol. The van der Waals surface area contributed by atoms with Crippen molar-refractivity contribution in [1.82, 2.24) is 9.97 Å². The summed E-state index contributed by atoms with van der Waals surface area (Å²) in [7, 11) is 0. The summed E-state index contributed by atoms with van der Waals surface area (Å²) < 4.78 is 0. The predicted molar refractivity (Wildman–Crippen MR) is 53.4 cm³/mol. The van der Waals surface area contributed by atoms with E-state index in [1.165, 1.54) is 6.07 Å². The Morgan fingerprint density at radius 3 is 2.93 bits per heavy atom. The van der Waals surface area contributed by atoms with Gasteiger partial charge in [-0.25, -0.2) is 4.98 Å². The van der Waals surface area contributed by atoms with Crippen molar-refractivity contribution in [3.05, 3.63) is 34.1 Å². The Hall–Kier alpha value is -1.95. The molecule has 6 nitrogen and oxygen atoms in total. The van der Waals surface area contributed by atoms with Gasteiger partial charge in [0.05, 0.1) is 10.4 Å². The van der Waals surface area contributed by atoms with E-state index >= 15 is 0 Å². The molecule has 6 heteroatoms. The van der Waals surface area contributed by atoms with E-state index < -0.39 is 11.0 Å². The van der Waals surface area contributed by atoms with E-state index in [0.29, 0.717) is 11.3 Å². The molecule has 1 aromatic heterocycles. The zero-order chi connectivity index (χ0) is 11.0. The molecule has 1 unspecified atom stereocenters. The van der Waals surface area contributed by atoms with Gasteiger partial charge in [0, 0.05) is 6.07 Å². The number of hydrogen-bond acceptors (Lipinski definition) is 4. The van der Waals surface area contributed by atoms with E-state index in [-0.39, 0.29) is 11.2 Å². The maximum absolute atomic E-state index is 10.7. The molecule has 2 rings (SSSR count). The molecule has 0 saturated heterocycles. The van der Waals surface area contributed by atoms with Gasteiger partial charge < -0.3 is 10.1 Å². The van der Waals surface area contributed by atoms with Crippen LogP contribution in [0.15, 0.2) is 18.2 Å². The topological polar surface area (TPSA) is 92.1 Å². The Kier molecular flexibility index (Phi) is 2.12. The highest BCUT2D eigenvalue weighted by Gasteiger charge is 2.16. The number of fused-ring (bicyclic) bond motifs is 1. The van der Waals surface area contributed by atoms with Crippen LogP contribution in [-0.4, -0.2) is 20.0 Å². The van der Waals surface area contributed by atoms with Crippen LogP contribution in [0, 0.1) is 10.1 Å². The first-order valence-corrected chi connectivity index (χ1v) is 4.40. The lowest BCUT2D eigenvalue weighted by molar-refractivity contribution is -0.383. The summed E-state index contributed by atoms with van der Waals surface area (Å²) in [5, 5.41) is 20.0. The number of non-ortho nitro benzene ring substituents is 1.